The minimum absolute atomic E-state index is 0.00259. The largest absolute Gasteiger partial charge is 0.472 e. The molecule has 0 amide bonds. The molecule has 0 bridgehead atoms. The van der Waals surface area contributed by atoms with Crippen LogP contribution in [-0.2, 0) is 65.4 Å². The van der Waals surface area contributed by atoms with Crippen LogP contribution in [0.3, 0.4) is 0 Å². The second kappa shape index (κ2) is 80.0. The highest BCUT2D eigenvalue weighted by Gasteiger charge is 2.30. The van der Waals surface area contributed by atoms with E-state index in [1.54, 1.807) is 0 Å². The molecular formula is C89H150O17P2. The maximum Gasteiger partial charge on any atom is 0.472 e. The maximum atomic E-state index is 13.1. The van der Waals surface area contributed by atoms with Crippen LogP contribution in [0.15, 0.2) is 146 Å². The fraction of sp³-hybridized carbons (Fsp3) is 0.685. The molecule has 0 aliphatic rings. The number of esters is 4. The number of aliphatic hydroxyl groups excluding tert-OH is 1. The zero-order chi connectivity index (χ0) is 78.9. The molecule has 0 aromatic carbocycles. The van der Waals surface area contributed by atoms with Gasteiger partial charge in [-0.1, -0.05) is 315 Å². The number of ether oxygens (including phenoxy) is 4. The Hall–Kier alpha value is -5.06. The highest BCUT2D eigenvalue weighted by atomic mass is 31.2. The lowest BCUT2D eigenvalue weighted by Crippen LogP contribution is -2.30. The number of unbranched alkanes of at least 4 members (excludes halogenated alkanes) is 28. The average Bonchev–Trinajstić information content (AvgIpc) is 0.880. The summed E-state index contributed by atoms with van der Waals surface area (Å²) in [4.78, 5) is 73.1. The maximum absolute atomic E-state index is 13.1. The van der Waals surface area contributed by atoms with Crippen molar-refractivity contribution in [1.29, 1.82) is 0 Å². The highest BCUT2D eigenvalue weighted by Crippen LogP contribution is 2.45. The molecule has 0 aromatic heterocycles. The van der Waals surface area contributed by atoms with Crippen molar-refractivity contribution in [3.05, 3.63) is 146 Å². The summed E-state index contributed by atoms with van der Waals surface area (Å²) in [7, 11) is -10.0. The number of carbonyl (C=O) groups is 4. The van der Waals surface area contributed by atoms with Gasteiger partial charge in [0, 0.05) is 25.7 Å². The summed E-state index contributed by atoms with van der Waals surface area (Å²) < 4.78 is 68.6. The number of rotatable bonds is 78. The molecule has 5 atom stereocenters. The molecule has 108 heavy (non-hydrogen) atoms. The van der Waals surface area contributed by atoms with Gasteiger partial charge < -0.3 is 33.8 Å². The van der Waals surface area contributed by atoms with Crippen LogP contribution in [0.25, 0.3) is 0 Å². The average molecular weight is 1550 g/mol. The van der Waals surface area contributed by atoms with Crippen molar-refractivity contribution in [3.63, 3.8) is 0 Å². The third-order valence-electron chi connectivity index (χ3n) is 17.3. The van der Waals surface area contributed by atoms with Crippen molar-refractivity contribution >= 4 is 39.5 Å². The van der Waals surface area contributed by atoms with Gasteiger partial charge in [-0.05, 0) is 141 Å². The fourth-order valence-corrected chi connectivity index (χ4v) is 12.4. The number of phosphoric ester groups is 2. The molecule has 0 fully saturated rings. The normalized spacial score (nSPS) is 14.5. The van der Waals surface area contributed by atoms with Crippen molar-refractivity contribution in [2.45, 2.75) is 354 Å². The van der Waals surface area contributed by atoms with Crippen LogP contribution in [-0.4, -0.2) is 96.7 Å². The number of hydrogen-bond acceptors (Lipinski definition) is 15. The molecular weight excluding hydrogens is 1400 g/mol. The molecule has 0 aliphatic carbocycles. The molecule has 2 unspecified atom stereocenters. The quantitative estimate of drug-likeness (QED) is 0.0169. The van der Waals surface area contributed by atoms with Gasteiger partial charge in [0.2, 0.25) is 0 Å². The Morgan fingerprint density at radius 2 is 0.463 bits per heavy atom. The van der Waals surface area contributed by atoms with Gasteiger partial charge >= 0.3 is 39.5 Å². The van der Waals surface area contributed by atoms with Gasteiger partial charge in [-0.25, -0.2) is 9.13 Å². The number of hydrogen-bond donors (Lipinski definition) is 3. The molecule has 19 heteroatoms. The van der Waals surface area contributed by atoms with E-state index in [9.17, 15) is 43.2 Å². The molecule has 0 heterocycles. The first kappa shape index (κ1) is 103. The Labute approximate surface area is 656 Å². The van der Waals surface area contributed by atoms with Crippen molar-refractivity contribution in [3.8, 4) is 0 Å². The first-order valence-electron chi connectivity index (χ1n) is 42.1. The van der Waals surface area contributed by atoms with E-state index >= 15 is 0 Å². The van der Waals surface area contributed by atoms with Crippen molar-refractivity contribution < 1.29 is 80.2 Å². The minimum atomic E-state index is -5.01. The molecule has 17 nitrogen and oxygen atoms in total. The van der Waals surface area contributed by atoms with E-state index in [2.05, 4.69) is 137 Å². The summed E-state index contributed by atoms with van der Waals surface area (Å²) in [6.07, 6.45) is 92.7. The van der Waals surface area contributed by atoms with Crippen molar-refractivity contribution in [2.75, 3.05) is 39.6 Å². The predicted octanol–water partition coefficient (Wildman–Crippen LogP) is 25.0. The summed E-state index contributed by atoms with van der Waals surface area (Å²) in [5.41, 5.74) is 0. The van der Waals surface area contributed by atoms with Gasteiger partial charge in [0.15, 0.2) is 12.2 Å². The number of aliphatic hydroxyl groups is 1. The van der Waals surface area contributed by atoms with Gasteiger partial charge in [-0.2, -0.15) is 0 Å². The van der Waals surface area contributed by atoms with Gasteiger partial charge in [0.25, 0.3) is 0 Å². The Balaban J connectivity index is 5.52. The SMILES string of the molecule is CCCCC/C=C\C/C=C\C/C=C\C/C=C\CCCC(=O)OC[C@H](COP(=O)(O)OC[C@H](O)COP(=O)(O)OC[C@@H](COC(=O)CCC/C=C\C/C=C\C/C=C\C/C=C\CCCCC)OC(=O)CCCCCCCCCCCCCCCCCCC)OC(=O)CCC/C=C\C/C=C\C/C=C\C/C=C\CCCCC. The van der Waals surface area contributed by atoms with Crippen LogP contribution >= 0.6 is 15.6 Å². The van der Waals surface area contributed by atoms with Crippen LogP contribution in [0, 0.1) is 0 Å². The fourth-order valence-electron chi connectivity index (χ4n) is 10.8. The molecule has 3 N–H and O–H groups in total. The Morgan fingerprint density at radius 3 is 0.731 bits per heavy atom. The van der Waals surface area contributed by atoms with E-state index in [0.717, 1.165) is 103 Å². The van der Waals surface area contributed by atoms with Gasteiger partial charge in [-0.15, -0.1) is 0 Å². The molecule has 0 radical (unpaired) electrons. The molecule has 0 saturated carbocycles. The molecule has 0 aromatic rings. The summed E-state index contributed by atoms with van der Waals surface area (Å²) in [6, 6.07) is 0. The van der Waals surface area contributed by atoms with E-state index < -0.39 is 97.5 Å². The van der Waals surface area contributed by atoms with Crippen LogP contribution < -0.4 is 0 Å². The summed E-state index contributed by atoms with van der Waals surface area (Å²) in [5.74, 6) is -2.37. The second-order valence-electron chi connectivity index (χ2n) is 27.7. The molecule has 0 aliphatic heterocycles. The van der Waals surface area contributed by atoms with E-state index in [1.807, 2.05) is 36.5 Å². The molecule has 618 valence electrons. The lowest BCUT2D eigenvalue weighted by atomic mass is 10.0. The van der Waals surface area contributed by atoms with E-state index in [4.69, 9.17) is 37.0 Å². The lowest BCUT2D eigenvalue weighted by Gasteiger charge is -2.21. The van der Waals surface area contributed by atoms with Gasteiger partial charge in [0.05, 0.1) is 26.4 Å². The zero-order valence-electron chi connectivity index (χ0n) is 67.7. The smallest absolute Gasteiger partial charge is 0.462 e. The zero-order valence-corrected chi connectivity index (χ0v) is 69.5. The standard InChI is InChI=1S/C89H150O17P2/c1-5-9-13-17-21-25-29-33-37-41-45-49-53-57-61-65-69-73-86(91)99-79-84(105-88(93)75-71-67-63-59-55-51-47-43-39-35-31-27-23-19-15-11-7-3)81-103-107(95,96)101-77-83(90)78-102-108(97,98)104-82-85(106-89(94)76-72-68-64-60-56-52-48-44-40-36-32-28-24-20-16-12-8-4)80-100-87(92)74-70-66-62-58-54-50-46-42-38-34-30-26-22-18-14-10-6-2/h21-23,25-27,33-35,37-39,45-47,49-51,57-59,61-63,83-85,90H,5-20,24,28-32,36,40-44,48,52-56,60,64-82H2,1-4H3,(H,95,96)(H,97,98)/b25-21-,26-22-,27-23-,37-33-,38-34-,39-35-,49-45-,50-46-,51-47-,61-57-,62-58-,63-59-/t83-,84+,85+/m0/s1. The van der Waals surface area contributed by atoms with Crippen LogP contribution in [0.5, 0.6) is 0 Å². The van der Waals surface area contributed by atoms with Gasteiger partial charge in [-0.3, -0.25) is 37.3 Å². The topological polar surface area (TPSA) is 237 Å². The third kappa shape index (κ3) is 79.0. The minimum Gasteiger partial charge on any atom is -0.462 e. The first-order valence-corrected chi connectivity index (χ1v) is 45.1. The van der Waals surface area contributed by atoms with Crippen LogP contribution in [0.4, 0.5) is 0 Å². The Bertz CT molecular complexity index is 2610. The molecule has 0 rings (SSSR count). The molecule has 0 saturated heterocycles. The lowest BCUT2D eigenvalue weighted by molar-refractivity contribution is -0.161. The second-order valence-corrected chi connectivity index (χ2v) is 30.6. The van der Waals surface area contributed by atoms with Crippen molar-refractivity contribution in [2.24, 2.45) is 0 Å². The van der Waals surface area contributed by atoms with E-state index in [1.165, 1.54) is 135 Å². The highest BCUT2D eigenvalue weighted by molar-refractivity contribution is 7.47. The Morgan fingerprint density at radius 1 is 0.259 bits per heavy atom. The van der Waals surface area contributed by atoms with Crippen LogP contribution in [0.1, 0.15) is 336 Å². The van der Waals surface area contributed by atoms with E-state index in [0.29, 0.717) is 44.9 Å². The van der Waals surface area contributed by atoms with Crippen LogP contribution in [0.2, 0.25) is 0 Å². The number of phosphoric acid groups is 2. The monoisotopic (exact) mass is 1550 g/mol. The van der Waals surface area contributed by atoms with Crippen molar-refractivity contribution in [1.82, 2.24) is 0 Å². The summed E-state index contributed by atoms with van der Waals surface area (Å²) in [6.45, 7) is 4.63. The van der Waals surface area contributed by atoms with E-state index in [-0.39, 0.29) is 25.7 Å². The molecule has 0 spiro atoms. The first-order chi connectivity index (χ1) is 52.7. The van der Waals surface area contributed by atoms with Gasteiger partial charge in [0.1, 0.15) is 19.3 Å². The summed E-state index contributed by atoms with van der Waals surface area (Å²) >= 11 is 0. The predicted molar refractivity (Wildman–Crippen MR) is 445 cm³/mol. The summed E-state index contributed by atoms with van der Waals surface area (Å²) in [5, 5.41) is 10.7. The third-order valence-corrected chi connectivity index (χ3v) is 19.2. The Kier molecular flexibility index (Phi) is 76.3. The number of allylic oxidation sites excluding steroid dienone is 24. The number of carbonyl (C=O) groups excluding carboxylic acids is 4.